The van der Waals surface area contributed by atoms with Crippen LogP contribution in [-0.2, 0) is 0 Å². The van der Waals surface area contributed by atoms with E-state index in [0.29, 0.717) is 0 Å². The van der Waals surface area contributed by atoms with Gasteiger partial charge in [-0.1, -0.05) is 109 Å². The van der Waals surface area contributed by atoms with Gasteiger partial charge in [-0.3, -0.25) is 0 Å². The maximum absolute atomic E-state index is 2.40. The summed E-state index contributed by atoms with van der Waals surface area (Å²) in [6.45, 7) is 0. The van der Waals surface area contributed by atoms with Gasteiger partial charge in [-0.15, -0.1) is 0 Å². The van der Waals surface area contributed by atoms with Crippen molar-refractivity contribution in [2.24, 2.45) is 0 Å². The molecule has 0 unspecified atom stereocenters. The monoisotopic (exact) mass is 742 g/mol. The molecule has 58 heavy (non-hydrogen) atoms. The SMILES string of the molecule is c1ccc(N(c2ccccc2)c2ccc(N(c3ccc4c(c3)c3ccccc3n4-c3ccccc3)c3ccc4c(c3)c3ccccc3n4-c3ccccc3)cc2)cc1. The van der Waals surface area contributed by atoms with Crippen LogP contribution < -0.4 is 9.80 Å². The number of aromatic nitrogens is 2. The maximum Gasteiger partial charge on any atom is 0.0542 e. The first-order chi connectivity index (χ1) is 28.8. The van der Waals surface area contributed by atoms with E-state index in [1.165, 1.54) is 43.6 Å². The summed E-state index contributed by atoms with van der Waals surface area (Å²) >= 11 is 0. The van der Waals surface area contributed by atoms with Crippen LogP contribution in [0.15, 0.2) is 231 Å². The highest BCUT2D eigenvalue weighted by molar-refractivity contribution is 6.12. The molecular weight excluding hydrogens is 705 g/mol. The minimum atomic E-state index is 1.07. The summed E-state index contributed by atoms with van der Waals surface area (Å²) in [5.74, 6) is 0. The fraction of sp³-hybridized carbons (Fsp3) is 0. The molecule has 0 aliphatic heterocycles. The van der Waals surface area contributed by atoms with Gasteiger partial charge in [0.1, 0.15) is 0 Å². The molecule has 0 aliphatic rings. The molecule has 0 atom stereocenters. The van der Waals surface area contributed by atoms with E-state index in [1.807, 2.05) is 0 Å². The Morgan fingerprint density at radius 2 is 0.517 bits per heavy atom. The molecule has 0 aliphatic carbocycles. The molecule has 0 fully saturated rings. The summed E-state index contributed by atoms with van der Waals surface area (Å²) in [4.78, 5) is 4.71. The maximum atomic E-state index is 2.40. The van der Waals surface area contributed by atoms with Gasteiger partial charge >= 0.3 is 0 Å². The van der Waals surface area contributed by atoms with Crippen molar-refractivity contribution in [2.45, 2.75) is 0 Å². The van der Waals surface area contributed by atoms with Gasteiger partial charge in [-0.25, -0.2) is 0 Å². The smallest absolute Gasteiger partial charge is 0.0542 e. The molecule has 0 amide bonds. The second kappa shape index (κ2) is 14.0. The lowest BCUT2D eigenvalue weighted by Gasteiger charge is -2.28. The van der Waals surface area contributed by atoms with Crippen LogP contribution in [0.4, 0.5) is 34.1 Å². The van der Waals surface area contributed by atoms with Crippen molar-refractivity contribution in [2.75, 3.05) is 9.80 Å². The zero-order valence-electron chi connectivity index (χ0n) is 31.7. The van der Waals surface area contributed by atoms with Gasteiger partial charge in [0.15, 0.2) is 0 Å². The van der Waals surface area contributed by atoms with Gasteiger partial charge in [0.25, 0.3) is 0 Å². The lowest BCUT2D eigenvalue weighted by atomic mass is 10.1. The van der Waals surface area contributed by atoms with Gasteiger partial charge < -0.3 is 18.9 Å². The Morgan fingerprint density at radius 1 is 0.224 bits per heavy atom. The number of hydrogen-bond donors (Lipinski definition) is 0. The van der Waals surface area contributed by atoms with Crippen LogP contribution >= 0.6 is 0 Å². The lowest BCUT2D eigenvalue weighted by Crippen LogP contribution is -2.12. The molecule has 0 radical (unpaired) electrons. The highest BCUT2D eigenvalue weighted by atomic mass is 15.2. The largest absolute Gasteiger partial charge is 0.311 e. The summed E-state index contributed by atoms with van der Waals surface area (Å²) < 4.78 is 4.75. The summed E-state index contributed by atoms with van der Waals surface area (Å²) in [6, 6.07) is 82.8. The van der Waals surface area contributed by atoms with E-state index >= 15 is 0 Å². The van der Waals surface area contributed by atoms with E-state index in [0.717, 1.165) is 45.5 Å². The van der Waals surface area contributed by atoms with Crippen LogP contribution in [0.3, 0.4) is 0 Å². The first kappa shape index (κ1) is 33.5. The Labute approximate surface area is 337 Å². The van der Waals surface area contributed by atoms with Crippen LogP contribution in [0.2, 0.25) is 0 Å². The lowest BCUT2D eigenvalue weighted by molar-refractivity contribution is 1.18. The van der Waals surface area contributed by atoms with Crippen LogP contribution in [0, 0.1) is 0 Å². The predicted octanol–water partition coefficient (Wildman–Crippen LogP) is 14.8. The molecular formula is C54H38N4. The van der Waals surface area contributed by atoms with Gasteiger partial charge in [-0.2, -0.15) is 0 Å². The summed E-state index contributed by atoms with van der Waals surface area (Å²) in [6.07, 6.45) is 0. The summed E-state index contributed by atoms with van der Waals surface area (Å²) in [5.41, 5.74) is 13.6. The Kier molecular flexibility index (Phi) is 8.11. The predicted molar refractivity (Wildman–Crippen MR) is 244 cm³/mol. The van der Waals surface area contributed by atoms with E-state index in [1.54, 1.807) is 0 Å². The molecule has 0 spiro atoms. The quantitative estimate of drug-likeness (QED) is 0.154. The number of para-hydroxylation sites is 6. The number of fused-ring (bicyclic) bond motifs is 6. The van der Waals surface area contributed by atoms with Crippen molar-refractivity contribution in [1.29, 1.82) is 0 Å². The average molecular weight is 743 g/mol. The first-order valence-electron chi connectivity index (χ1n) is 19.8. The van der Waals surface area contributed by atoms with Crippen LogP contribution in [0.5, 0.6) is 0 Å². The zero-order valence-corrected chi connectivity index (χ0v) is 31.7. The minimum Gasteiger partial charge on any atom is -0.311 e. The van der Waals surface area contributed by atoms with Crippen molar-refractivity contribution in [3.63, 3.8) is 0 Å². The van der Waals surface area contributed by atoms with E-state index in [9.17, 15) is 0 Å². The van der Waals surface area contributed by atoms with E-state index in [4.69, 9.17) is 0 Å². The number of anilines is 6. The third kappa shape index (κ3) is 5.62. The van der Waals surface area contributed by atoms with Gasteiger partial charge in [0.2, 0.25) is 0 Å². The normalized spacial score (nSPS) is 11.4. The molecule has 9 aromatic carbocycles. The van der Waals surface area contributed by atoms with Crippen LogP contribution in [-0.4, -0.2) is 9.13 Å². The molecule has 2 aromatic heterocycles. The topological polar surface area (TPSA) is 16.3 Å². The Hall–Kier alpha value is -7.82. The van der Waals surface area contributed by atoms with Crippen LogP contribution in [0.25, 0.3) is 55.0 Å². The third-order valence-corrected chi connectivity index (χ3v) is 11.3. The fourth-order valence-electron chi connectivity index (χ4n) is 8.71. The minimum absolute atomic E-state index is 1.07. The molecule has 4 nitrogen and oxygen atoms in total. The molecule has 11 aromatic rings. The second-order valence-corrected chi connectivity index (χ2v) is 14.6. The van der Waals surface area contributed by atoms with Crippen molar-refractivity contribution in [3.05, 3.63) is 231 Å². The molecule has 0 bridgehead atoms. The number of rotatable bonds is 8. The molecule has 0 N–H and O–H groups in total. The second-order valence-electron chi connectivity index (χ2n) is 14.6. The van der Waals surface area contributed by atoms with Crippen LogP contribution in [0.1, 0.15) is 0 Å². The number of benzene rings is 9. The van der Waals surface area contributed by atoms with E-state index in [-0.39, 0.29) is 0 Å². The highest BCUT2D eigenvalue weighted by Gasteiger charge is 2.21. The third-order valence-electron chi connectivity index (χ3n) is 11.3. The molecule has 274 valence electrons. The molecule has 0 saturated carbocycles. The number of hydrogen-bond acceptors (Lipinski definition) is 2. The summed E-state index contributed by atoms with van der Waals surface area (Å²) in [5, 5.41) is 4.86. The van der Waals surface area contributed by atoms with Crippen molar-refractivity contribution in [1.82, 2.24) is 9.13 Å². The van der Waals surface area contributed by atoms with Crippen molar-refractivity contribution < 1.29 is 0 Å². The Bertz CT molecular complexity index is 3010. The highest BCUT2D eigenvalue weighted by Crippen LogP contribution is 2.43. The van der Waals surface area contributed by atoms with Crippen molar-refractivity contribution >= 4 is 77.7 Å². The van der Waals surface area contributed by atoms with Gasteiger partial charge in [0, 0.05) is 67.0 Å². The molecule has 4 heteroatoms. The Balaban J connectivity index is 1.12. The average Bonchev–Trinajstić information content (AvgIpc) is 3.81. The zero-order chi connectivity index (χ0) is 38.4. The number of nitrogens with zero attached hydrogens (tertiary/aromatic N) is 4. The first-order valence-corrected chi connectivity index (χ1v) is 19.8. The summed E-state index contributed by atoms with van der Waals surface area (Å²) in [7, 11) is 0. The molecule has 0 saturated heterocycles. The van der Waals surface area contributed by atoms with Gasteiger partial charge in [-0.05, 0) is 121 Å². The fourth-order valence-corrected chi connectivity index (χ4v) is 8.71. The van der Waals surface area contributed by atoms with E-state index in [2.05, 4.69) is 249 Å². The Morgan fingerprint density at radius 3 is 0.931 bits per heavy atom. The van der Waals surface area contributed by atoms with Gasteiger partial charge in [0.05, 0.1) is 22.1 Å². The molecule has 2 heterocycles. The van der Waals surface area contributed by atoms with Crippen molar-refractivity contribution in [3.8, 4) is 11.4 Å². The molecule has 11 rings (SSSR count). The standard InChI is InChI=1S/C54H38N4/c1-5-17-39(18-6-1)55(40-19-7-2-8-20-40)43-29-31-44(32-30-43)56(45-33-35-53-49(37-45)47-25-13-15-27-51(47)57(53)41-21-9-3-10-22-41)46-34-36-54-50(38-46)48-26-14-16-28-52(48)58(54)42-23-11-4-12-24-42/h1-38H. The van der Waals surface area contributed by atoms with E-state index < -0.39 is 0 Å².